The second-order valence-electron chi connectivity index (χ2n) is 6.38. The number of nitrogens with zero attached hydrogens (tertiary/aromatic N) is 2. The first-order valence-electron chi connectivity index (χ1n) is 8.73. The molecule has 1 heterocycles. The average molecular weight is 424 g/mol. The number of aromatic nitrogens is 1. The van der Waals surface area contributed by atoms with Crippen LogP contribution in [0.15, 0.2) is 48.5 Å². The highest BCUT2D eigenvalue weighted by molar-refractivity contribution is 7.15. The molecule has 0 spiro atoms. The van der Waals surface area contributed by atoms with Gasteiger partial charge in [0.15, 0.2) is 0 Å². The molecule has 2 N–H and O–H groups in total. The number of hydrogen-bond donors (Lipinski definition) is 2. The van der Waals surface area contributed by atoms with E-state index < -0.39 is 11.7 Å². The first kappa shape index (κ1) is 21.3. The fourth-order valence-corrected chi connectivity index (χ4v) is 3.60. The molecule has 0 unspecified atom stereocenters. The zero-order chi connectivity index (χ0) is 21.0. The number of hydroxylamine groups is 2. The van der Waals surface area contributed by atoms with Gasteiger partial charge in [-0.3, -0.25) is 10.4 Å². The van der Waals surface area contributed by atoms with Gasteiger partial charge in [0.1, 0.15) is 17.4 Å². The van der Waals surface area contributed by atoms with Gasteiger partial charge in [-0.15, -0.1) is 11.3 Å². The second-order valence-corrected chi connectivity index (χ2v) is 7.46. The van der Waals surface area contributed by atoms with Crippen LogP contribution in [0.3, 0.4) is 0 Å². The summed E-state index contributed by atoms with van der Waals surface area (Å²) in [6.45, 7) is 2.24. The predicted octanol–water partition coefficient (Wildman–Crippen LogP) is 5.34. The zero-order valence-electron chi connectivity index (χ0n) is 15.5. The highest BCUT2D eigenvalue weighted by Crippen LogP contribution is 2.33. The number of alkyl halides is 3. The Kier molecular flexibility index (Phi) is 6.53. The van der Waals surface area contributed by atoms with Crippen molar-refractivity contribution < 1.29 is 28.3 Å². The Labute approximate surface area is 169 Å². The van der Waals surface area contributed by atoms with Crippen molar-refractivity contribution in [2.75, 3.05) is 6.54 Å². The molecule has 29 heavy (non-hydrogen) atoms. The molecule has 154 valence electrons. The Hall–Kier alpha value is -2.46. The largest absolute Gasteiger partial charge is 0.488 e. The maximum atomic E-state index is 12.7. The van der Waals surface area contributed by atoms with E-state index in [1.807, 2.05) is 19.1 Å². The highest BCUT2D eigenvalue weighted by atomic mass is 32.1. The van der Waals surface area contributed by atoms with Gasteiger partial charge in [0.2, 0.25) is 0 Å². The van der Waals surface area contributed by atoms with Crippen molar-refractivity contribution in [2.45, 2.75) is 26.1 Å². The predicted molar refractivity (Wildman–Crippen MR) is 102 cm³/mol. The maximum absolute atomic E-state index is 12.7. The van der Waals surface area contributed by atoms with Crippen LogP contribution < -0.4 is 4.74 Å². The minimum absolute atomic E-state index is 0.104. The van der Waals surface area contributed by atoms with E-state index in [0.29, 0.717) is 29.3 Å². The van der Waals surface area contributed by atoms with Crippen molar-refractivity contribution in [1.82, 2.24) is 10.2 Å². The van der Waals surface area contributed by atoms with E-state index in [2.05, 4.69) is 4.98 Å². The minimum atomic E-state index is -4.36. The summed E-state index contributed by atoms with van der Waals surface area (Å²) in [5.41, 5.74) is 1.65. The Morgan fingerprint density at radius 2 is 1.69 bits per heavy atom. The average Bonchev–Trinajstić information content (AvgIpc) is 3.05. The molecule has 0 aliphatic carbocycles. The number of rotatable bonds is 7. The summed E-state index contributed by atoms with van der Waals surface area (Å²) in [5.74, 6) is 0.655. The lowest BCUT2D eigenvalue weighted by Gasteiger charge is -2.08. The molecule has 0 radical (unpaired) electrons. The fourth-order valence-electron chi connectivity index (χ4n) is 2.62. The van der Waals surface area contributed by atoms with Crippen LogP contribution >= 0.6 is 11.3 Å². The van der Waals surface area contributed by atoms with Crippen molar-refractivity contribution in [3.05, 3.63) is 70.2 Å². The van der Waals surface area contributed by atoms with Crippen LogP contribution in [0.5, 0.6) is 5.75 Å². The first-order chi connectivity index (χ1) is 13.7. The van der Waals surface area contributed by atoms with E-state index in [4.69, 9.17) is 15.2 Å². The molecule has 9 heteroatoms. The van der Waals surface area contributed by atoms with Crippen LogP contribution in [-0.4, -0.2) is 27.2 Å². The number of aryl methyl sites for hydroxylation is 1. The molecule has 0 atom stereocenters. The quantitative estimate of drug-likeness (QED) is 0.501. The number of thiazole rings is 1. The number of benzene rings is 2. The molecule has 1 aromatic heterocycles. The van der Waals surface area contributed by atoms with Crippen LogP contribution in [-0.2, 0) is 19.2 Å². The van der Waals surface area contributed by atoms with Crippen LogP contribution in [0.25, 0.3) is 10.6 Å². The maximum Gasteiger partial charge on any atom is 0.416 e. The summed E-state index contributed by atoms with van der Waals surface area (Å²) in [5, 5.41) is 18.3. The van der Waals surface area contributed by atoms with Crippen molar-refractivity contribution in [2.24, 2.45) is 0 Å². The van der Waals surface area contributed by atoms with Crippen molar-refractivity contribution >= 4 is 11.3 Å². The molecule has 0 saturated carbocycles. The molecule has 0 aliphatic rings. The third-order valence-electron chi connectivity index (χ3n) is 4.25. The van der Waals surface area contributed by atoms with Crippen LogP contribution in [0.2, 0.25) is 0 Å². The lowest BCUT2D eigenvalue weighted by molar-refractivity contribution is -0.305. The van der Waals surface area contributed by atoms with Gasteiger partial charge in [0.05, 0.1) is 22.7 Å². The third kappa shape index (κ3) is 5.77. The van der Waals surface area contributed by atoms with Gasteiger partial charge in [-0.25, -0.2) is 4.98 Å². The summed E-state index contributed by atoms with van der Waals surface area (Å²) in [7, 11) is 0. The molecule has 2 aromatic carbocycles. The normalized spacial score (nSPS) is 11.8. The van der Waals surface area contributed by atoms with E-state index in [1.165, 1.54) is 23.5 Å². The molecule has 0 amide bonds. The number of halogens is 3. The van der Waals surface area contributed by atoms with Gasteiger partial charge in [-0.05, 0) is 43.2 Å². The molecular formula is C20H19F3N2O3S. The molecular weight excluding hydrogens is 405 g/mol. The van der Waals surface area contributed by atoms with E-state index >= 15 is 0 Å². The van der Waals surface area contributed by atoms with Crippen molar-refractivity contribution in [3.63, 3.8) is 0 Å². The van der Waals surface area contributed by atoms with Gasteiger partial charge in [-0.1, -0.05) is 29.5 Å². The fraction of sp³-hybridized carbons (Fsp3) is 0.250. The molecule has 3 aromatic rings. The monoisotopic (exact) mass is 424 g/mol. The lowest BCUT2D eigenvalue weighted by Crippen LogP contribution is -2.16. The Bertz CT molecular complexity index is 939. The van der Waals surface area contributed by atoms with Gasteiger partial charge < -0.3 is 4.74 Å². The van der Waals surface area contributed by atoms with Gasteiger partial charge in [-0.2, -0.15) is 13.2 Å². The number of hydrogen-bond acceptors (Lipinski definition) is 6. The third-order valence-corrected chi connectivity index (χ3v) is 5.43. The van der Waals surface area contributed by atoms with Gasteiger partial charge >= 0.3 is 6.18 Å². The van der Waals surface area contributed by atoms with E-state index in [0.717, 1.165) is 28.3 Å². The van der Waals surface area contributed by atoms with E-state index in [1.54, 1.807) is 12.1 Å². The molecule has 0 fully saturated rings. The van der Waals surface area contributed by atoms with Crippen molar-refractivity contribution in [1.29, 1.82) is 0 Å². The topological polar surface area (TPSA) is 65.8 Å². The van der Waals surface area contributed by atoms with E-state index in [-0.39, 0.29) is 11.8 Å². The molecule has 5 nitrogen and oxygen atoms in total. The zero-order valence-corrected chi connectivity index (χ0v) is 16.3. The van der Waals surface area contributed by atoms with Crippen LogP contribution in [0.4, 0.5) is 13.2 Å². The van der Waals surface area contributed by atoms with Crippen molar-refractivity contribution in [3.8, 4) is 16.3 Å². The Morgan fingerprint density at radius 3 is 2.28 bits per heavy atom. The summed E-state index contributed by atoms with van der Waals surface area (Å²) >= 11 is 1.38. The summed E-state index contributed by atoms with van der Waals surface area (Å²) in [4.78, 5) is 5.33. The summed E-state index contributed by atoms with van der Waals surface area (Å²) in [6.07, 6.45) is -3.88. The van der Waals surface area contributed by atoms with Gasteiger partial charge in [0.25, 0.3) is 0 Å². The summed E-state index contributed by atoms with van der Waals surface area (Å²) < 4.78 is 43.9. The number of ether oxygens (including phenoxy) is 1. The molecule has 0 aliphatic heterocycles. The Morgan fingerprint density at radius 1 is 1.03 bits per heavy atom. The van der Waals surface area contributed by atoms with Crippen LogP contribution in [0.1, 0.15) is 21.7 Å². The smallest absolute Gasteiger partial charge is 0.416 e. The minimum Gasteiger partial charge on any atom is -0.488 e. The molecule has 3 rings (SSSR count). The standard InChI is InChI=1S/C20H19F3N2O3S/c1-13-18(12-28-17-8-2-14(3-9-17)10-11-25(26)27)29-19(24-13)15-4-6-16(7-5-15)20(21,22)23/h2-9,26-27H,10-12H2,1H3. The van der Waals surface area contributed by atoms with Gasteiger partial charge in [0, 0.05) is 5.56 Å². The highest BCUT2D eigenvalue weighted by Gasteiger charge is 2.30. The second kappa shape index (κ2) is 8.91. The summed E-state index contributed by atoms with van der Waals surface area (Å²) in [6, 6.07) is 12.2. The first-order valence-corrected chi connectivity index (χ1v) is 9.55. The van der Waals surface area contributed by atoms with Crippen LogP contribution in [0, 0.1) is 6.92 Å². The SMILES string of the molecule is Cc1nc(-c2ccc(C(F)(F)F)cc2)sc1COc1ccc(CCN(O)O)cc1. The van der Waals surface area contributed by atoms with E-state index in [9.17, 15) is 13.2 Å². The lowest BCUT2D eigenvalue weighted by atomic mass is 10.1. The molecule has 0 bridgehead atoms. The Balaban J connectivity index is 1.63. The molecule has 0 saturated heterocycles.